The number of halogens is 1. The van der Waals surface area contributed by atoms with Gasteiger partial charge in [-0.15, -0.1) is 16.9 Å². The summed E-state index contributed by atoms with van der Waals surface area (Å²) in [4.78, 5) is 20.3. The van der Waals surface area contributed by atoms with Gasteiger partial charge in [0.25, 0.3) is 0 Å². The average molecular weight is 1010 g/mol. The number of aliphatic hydroxyl groups excluding tert-OH is 1. The van der Waals surface area contributed by atoms with Crippen LogP contribution in [0.5, 0.6) is 0 Å². The Morgan fingerprint density at radius 3 is 2.29 bits per heavy atom. The van der Waals surface area contributed by atoms with Gasteiger partial charge in [-0.2, -0.15) is 0 Å². The third-order valence-electron chi connectivity index (χ3n) is 16.8. The van der Waals surface area contributed by atoms with Crippen molar-refractivity contribution in [3.05, 3.63) is 41.7 Å². The first-order valence-electron chi connectivity index (χ1n) is 25.7. The van der Waals surface area contributed by atoms with E-state index in [0.29, 0.717) is 38.8 Å². The molecule has 1 unspecified atom stereocenters. The van der Waals surface area contributed by atoms with Crippen molar-refractivity contribution in [2.45, 2.75) is 204 Å². The SMILES string of the molecule is CC[C@H]1OC(=O)[C@H](C)C([C@H]2C[C@@](C)(OC)[C@@H](O)[C@H](C)O2)[C@H](C)[C@@H](O[C@H]2C[C@@H](N(C)CCc3cn([C@H](CF)[C@H](OC)c4ccc(SC)cc4)nn3)C[C@@H](C)O2)[C@](C)(O)C[C@@H](C)CN(C)[C@H](C)[C@@H](C)[C@]1(C)O. The molecule has 15 nitrogen and oxygen atoms in total. The smallest absolute Gasteiger partial charge is 0.309 e. The van der Waals surface area contributed by atoms with Crippen LogP contribution in [0.15, 0.2) is 35.4 Å². The fourth-order valence-corrected chi connectivity index (χ4v) is 12.5. The molecule has 0 aliphatic carbocycles. The lowest BCUT2D eigenvalue weighted by Crippen LogP contribution is -2.60. The van der Waals surface area contributed by atoms with E-state index in [4.69, 9.17) is 28.4 Å². The molecule has 70 heavy (non-hydrogen) atoms. The Kier molecular flexibility index (Phi) is 20.8. The number of cyclic esters (lactones) is 1. The Morgan fingerprint density at radius 2 is 1.69 bits per heavy atom. The van der Waals surface area contributed by atoms with Crippen molar-refractivity contribution in [1.29, 1.82) is 0 Å². The van der Waals surface area contributed by atoms with Crippen LogP contribution in [-0.4, -0.2) is 172 Å². The summed E-state index contributed by atoms with van der Waals surface area (Å²) >= 11 is 1.64. The van der Waals surface area contributed by atoms with Gasteiger partial charge in [0.05, 0.1) is 47.2 Å². The second kappa shape index (κ2) is 24.8. The van der Waals surface area contributed by atoms with E-state index >= 15 is 0 Å². The van der Waals surface area contributed by atoms with Crippen LogP contribution < -0.4 is 0 Å². The van der Waals surface area contributed by atoms with Crippen LogP contribution in [-0.2, 0) is 39.6 Å². The van der Waals surface area contributed by atoms with Crippen LogP contribution in [0.2, 0.25) is 0 Å². The first kappa shape index (κ1) is 58.6. The average Bonchev–Trinajstić information content (AvgIpc) is 3.79. The number of hydrogen-bond donors (Lipinski definition) is 3. The molecular weight excluding hydrogens is 918 g/mol. The fraction of sp³-hybridized carbons (Fsp3) is 0.830. The topological polar surface area (TPSA) is 170 Å². The van der Waals surface area contributed by atoms with Crippen LogP contribution >= 0.6 is 11.8 Å². The number of carbonyl (C=O) groups is 1. The second-order valence-electron chi connectivity index (χ2n) is 22.1. The van der Waals surface area contributed by atoms with Crippen LogP contribution in [0, 0.1) is 29.6 Å². The van der Waals surface area contributed by atoms with Crippen molar-refractivity contribution >= 4 is 17.7 Å². The number of carbonyl (C=O) groups excluding carboxylic acids is 1. The number of aromatic nitrogens is 3. The van der Waals surface area contributed by atoms with Gasteiger partial charge in [-0.05, 0) is 111 Å². The monoisotopic (exact) mass is 1010 g/mol. The second-order valence-corrected chi connectivity index (χ2v) is 23.0. The van der Waals surface area contributed by atoms with Gasteiger partial charge in [0.1, 0.15) is 36.6 Å². The number of benzene rings is 1. The highest BCUT2D eigenvalue weighted by molar-refractivity contribution is 7.98. The van der Waals surface area contributed by atoms with Gasteiger partial charge < -0.3 is 53.5 Å². The van der Waals surface area contributed by atoms with Crippen molar-refractivity contribution in [1.82, 2.24) is 24.8 Å². The van der Waals surface area contributed by atoms with E-state index in [1.165, 1.54) is 0 Å². The summed E-state index contributed by atoms with van der Waals surface area (Å²) in [7, 11) is 7.27. The molecule has 19 atom stereocenters. The van der Waals surface area contributed by atoms with Crippen LogP contribution in [0.25, 0.3) is 0 Å². The molecule has 3 fully saturated rings. The summed E-state index contributed by atoms with van der Waals surface area (Å²) in [5.74, 6) is -2.68. The standard InChI is InChI=1S/C53H90FN5O10S/c1-17-44-53(11,63)35(6)36(7)58(13)29-31(2)26-51(9,62)49(33(4)46(34(5)50(61)68-44)43-27-52(10,65-15)48(60)37(8)67-43)69-45-25-40(24-32(3)66-45)57(12)23-22-39-30-59(56-55-39)42(28-54)47(64-14)38-18-20-41(70-16)21-19-38/h18-21,30-37,40,42-49,60,62-63H,17,22-29H2,1-16H3/t31-,32-,33+,34-,35-,36-,37+,40+,42-,43-,44-,45+,46?,47-,48+,49-,51-,52-,53+/m1/s1. The van der Waals surface area contributed by atoms with E-state index in [1.807, 2.05) is 99.2 Å². The van der Waals surface area contributed by atoms with Crippen LogP contribution in [0.4, 0.5) is 4.39 Å². The molecule has 1 aromatic heterocycles. The molecule has 3 aliphatic rings. The summed E-state index contributed by atoms with van der Waals surface area (Å²) in [6, 6.07) is 7.20. The highest BCUT2D eigenvalue weighted by Crippen LogP contribution is 2.45. The van der Waals surface area contributed by atoms with Gasteiger partial charge >= 0.3 is 5.97 Å². The molecule has 17 heteroatoms. The lowest BCUT2D eigenvalue weighted by molar-refractivity contribution is -0.275. The molecule has 2 aromatic rings. The van der Waals surface area contributed by atoms with Crippen molar-refractivity contribution in [3.63, 3.8) is 0 Å². The minimum absolute atomic E-state index is 0.00761. The maximum absolute atomic E-state index is 14.7. The predicted octanol–water partition coefficient (Wildman–Crippen LogP) is 7.30. The first-order chi connectivity index (χ1) is 32.8. The van der Waals surface area contributed by atoms with Crippen LogP contribution in [0.1, 0.15) is 132 Å². The normalized spacial score (nSPS) is 39.8. The zero-order valence-corrected chi connectivity index (χ0v) is 46.0. The number of rotatable bonds is 15. The maximum Gasteiger partial charge on any atom is 0.309 e. The molecular formula is C53H90FN5O10S. The molecule has 4 heterocycles. The Morgan fingerprint density at radius 1 is 1.01 bits per heavy atom. The van der Waals surface area contributed by atoms with E-state index in [0.717, 1.165) is 22.6 Å². The third kappa shape index (κ3) is 13.5. The van der Waals surface area contributed by atoms with Gasteiger partial charge in [0, 0.05) is 81.6 Å². The summed E-state index contributed by atoms with van der Waals surface area (Å²) in [6.45, 7) is 21.9. The zero-order valence-electron chi connectivity index (χ0n) is 45.2. The van der Waals surface area contributed by atoms with Crippen LogP contribution in [0.3, 0.4) is 0 Å². The molecule has 0 saturated carbocycles. The highest BCUT2D eigenvalue weighted by Gasteiger charge is 2.54. The molecule has 0 radical (unpaired) electrons. The third-order valence-corrected chi connectivity index (χ3v) is 17.5. The number of alkyl halides is 1. The van der Waals surface area contributed by atoms with E-state index < -0.39 is 96.2 Å². The maximum atomic E-state index is 14.7. The first-order valence-corrected chi connectivity index (χ1v) is 27.0. The van der Waals surface area contributed by atoms with Crippen molar-refractivity contribution in [3.8, 4) is 0 Å². The van der Waals surface area contributed by atoms with Crippen molar-refractivity contribution in [2.75, 3.05) is 54.3 Å². The summed E-state index contributed by atoms with van der Waals surface area (Å²) < 4.78 is 54.9. The number of thioether (sulfide) groups is 1. The highest BCUT2D eigenvalue weighted by atomic mass is 32.2. The predicted molar refractivity (Wildman–Crippen MR) is 270 cm³/mol. The molecule has 0 bridgehead atoms. The quantitative estimate of drug-likeness (QED) is 0.120. The van der Waals surface area contributed by atoms with Gasteiger partial charge in [0.15, 0.2) is 6.29 Å². The van der Waals surface area contributed by atoms with E-state index in [9.17, 15) is 24.5 Å². The summed E-state index contributed by atoms with van der Waals surface area (Å²) in [5, 5.41) is 45.3. The number of hydrogen-bond acceptors (Lipinski definition) is 15. The molecule has 0 spiro atoms. The molecule has 3 saturated heterocycles. The number of aliphatic hydroxyl groups is 3. The lowest BCUT2D eigenvalue weighted by atomic mass is 9.68. The Hall–Kier alpha value is -2.29. The largest absolute Gasteiger partial charge is 0.459 e. The Bertz CT molecular complexity index is 1930. The molecule has 400 valence electrons. The minimum atomic E-state index is -1.42. The number of methoxy groups -OCH3 is 2. The van der Waals surface area contributed by atoms with E-state index in [2.05, 4.69) is 41.0 Å². The molecule has 3 aliphatic heterocycles. The molecule has 0 amide bonds. The number of nitrogens with zero attached hydrogens (tertiary/aromatic N) is 5. The number of likely N-dealkylation sites (N-methyl/N-ethyl adjacent to an activating group) is 1. The van der Waals surface area contributed by atoms with Gasteiger partial charge in [-0.3, -0.25) is 4.79 Å². The summed E-state index contributed by atoms with van der Waals surface area (Å²) in [5.41, 5.74) is -2.16. The van der Waals surface area contributed by atoms with Crippen molar-refractivity contribution in [2.24, 2.45) is 29.6 Å². The van der Waals surface area contributed by atoms with E-state index in [-0.39, 0.29) is 36.4 Å². The summed E-state index contributed by atoms with van der Waals surface area (Å²) in [6.07, 6.45) is 1.44. The number of ether oxygens (including phenoxy) is 6. The van der Waals surface area contributed by atoms with E-state index in [1.54, 1.807) is 37.6 Å². The van der Waals surface area contributed by atoms with Crippen molar-refractivity contribution < 1.29 is 52.9 Å². The van der Waals surface area contributed by atoms with Gasteiger partial charge in [0.2, 0.25) is 0 Å². The van der Waals surface area contributed by atoms with Gasteiger partial charge in [-0.25, -0.2) is 9.07 Å². The Labute approximate surface area is 423 Å². The number of esters is 1. The van der Waals surface area contributed by atoms with Gasteiger partial charge in [-0.1, -0.05) is 52.0 Å². The zero-order chi connectivity index (χ0) is 52.0. The molecule has 5 rings (SSSR count). The fourth-order valence-electron chi connectivity index (χ4n) is 12.1. The minimum Gasteiger partial charge on any atom is -0.459 e. The Balaban J connectivity index is 1.43. The lowest BCUT2D eigenvalue weighted by Gasteiger charge is -2.51. The molecule has 1 aromatic carbocycles. The molecule has 3 N–H and O–H groups in total.